The maximum Gasteiger partial charge on any atom is 0.0554 e. The van der Waals surface area contributed by atoms with Crippen molar-refractivity contribution in [2.75, 3.05) is 4.90 Å². The van der Waals surface area contributed by atoms with Crippen molar-refractivity contribution >= 4 is 91.9 Å². The number of thiophene rings is 1. The van der Waals surface area contributed by atoms with Crippen molar-refractivity contribution < 1.29 is 0 Å². The first kappa shape index (κ1) is 33.7. The van der Waals surface area contributed by atoms with E-state index in [2.05, 4.69) is 228 Å². The van der Waals surface area contributed by atoms with Crippen molar-refractivity contribution in [1.29, 1.82) is 0 Å². The lowest BCUT2D eigenvalue weighted by molar-refractivity contribution is 1.18. The monoisotopic (exact) mass is 768 g/mol. The van der Waals surface area contributed by atoms with Gasteiger partial charge in [0.2, 0.25) is 0 Å². The van der Waals surface area contributed by atoms with Gasteiger partial charge in [0.05, 0.1) is 16.7 Å². The molecule has 59 heavy (non-hydrogen) atoms. The Kier molecular flexibility index (Phi) is 7.75. The van der Waals surface area contributed by atoms with Crippen LogP contribution in [0.2, 0.25) is 0 Å². The average molecular weight is 769 g/mol. The smallest absolute Gasteiger partial charge is 0.0554 e. The van der Waals surface area contributed by atoms with Gasteiger partial charge < -0.3 is 9.47 Å². The third kappa shape index (κ3) is 5.47. The maximum absolute atomic E-state index is 2.42. The van der Waals surface area contributed by atoms with Gasteiger partial charge in [0.1, 0.15) is 0 Å². The Morgan fingerprint density at radius 3 is 1.66 bits per heavy atom. The van der Waals surface area contributed by atoms with Crippen LogP contribution >= 0.6 is 11.3 Å². The van der Waals surface area contributed by atoms with Crippen LogP contribution in [-0.2, 0) is 0 Å². The number of hydrogen-bond acceptors (Lipinski definition) is 2. The quantitative estimate of drug-likeness (QED) is 0.164. The van der Waals surface area contributed by atoms with Gasteiger partial charge in [-0.2, -0.15) is 0 Å². The van der Waals surface area contributed by atoms with Crippen LogP contribution in [0.25, 0.3) is 91.5 Å². The van der Waals surface area contributed by atoms with E-state index in [1.54, 1.807) is 0 Å². The van der Waals surface area contributed by atoms with Gasteiger partial charge in [0.15, 0.2) is 0 Å². The highest BCUT2D eigenvalue weighted by atomic mass is 32.1. The Morgan fingerprint density at radius 2 is 0.898 bits per heavy atom. The Bertz CT molecular complexity index is 3530. The molecule has 276 valence electrons. The molecular weight excluding hydrogens is 733 g/mol. The van der Waals surface area contributed by atoms with Crippen LogP contribution in [0.3, 0.4) is 0 Å². The number of fused-ring (bicyclic) bond motifs is 9. The summed E-state index contributed by atoms with van der Waals surface area (Å²) < 4.78 is 4.99. The number of para-hydroxylation sites is 1. The second-order valence-corrected chi connectivity index (χ2v) is 16.4. The number of benzene rings is 10. The van der Waals surface area contributed by atoms with Crippen LogP contribution in [0.4, 0.5) is 17.1 Å². The molecular formula is C56H36N2S. The highest BCUT2D eigenvalue weighted by Crippen LogP contribution is 2.46. The van der Waals surface area contributed by atoms with Crippen LogP contribution in [0.1, 0.15) is 0 Å². The first-order valence-electron chi connectivity index (χ1n) is 20.2. The summed E-state index contributed by atoms with van der Waals surface area (Å²) in [5.74, 6) is 0. The van der Waals surface area contributed by atoms with Crippen molar-refractivity contribution in [2.45, 2.75) is 0 Å². The van der Waals surface area contributed by atoms with Gasteiger partial charge in [-0.3, -0.25) is 0 Å². The van der Waals surface area contributed by atoms with E-state index < -0.39 is 0 Å². The molecule has 0 aliphatic carbocycles. The second-order valence-electron chi connectivity index (χ2n) is 15.3. The van der Waals surface area contributed by atoms with Crippen molar-refractivity contribution in [3.63, 3.8) is 0 Å². The summed E-state index contributed by atoms with van der Waals surface area (Å²) in [6.45, 7) is 0. The standard InChI is InChI=1S/C56H36N2S/c1-3-14-45-39(11-1)13-9-18-46(45)41-27-34-43(35-28-41)57(51-20-10-22-54-56(51)49-17-6-8-21-53(49)59-54)42-30-23-37(24-31-42)38-25-32-44(33-26-38)58-50-19-7-5-16-48(50)55-47-15-4-2-12-40(47)29-36-52(55)58/h1-36H. The molecule has 0 atom stereocenters. The molecule has 0 fully saturated rings. The lowest BCUT2D eigenvalue weighted by Crippen LogP contribution is -2.10. The summed E-state index contributed by atoms with van der Waals surface area (Å²) in [5, 5.41) is 10.2. The van der Waals surface area contributed by atoms with E-state index in [1.165, 1.54) is 91.5 Å². The Morgan fingerprint density at radius 1 is 0.339 bits per heavy atom. The number of hydrogen-bond donors (Lipinski definition) is 0. The summed E-state index contributed by atoms with van der Waals surface area (Å²) in [6, 6.07) is 79.9. The highest BCUT2D eigenvalue weighted by Gasteiger charge is 2.20. The van der Waals surface area contributed by atoms with E-state index >= 15 is 0 Å². The van der Waals surface area contributed by atoms with Gasteiger partial charge >= 0.3 is 0 Å². The molecule has 0 amide bonds. The Labute approximate surface area is 346 Å². The SMILES string of the molecule is c1ccc2c(-c3ccc(N(c4ccc(-c5ccc(-n6c7ccccc7c7c8ccccc8ccc76)cc5)cc4)c4cccc5sc6ccccc6c45)cc3)cccc2c1. The Hall–Kier alpha value is -7.46. The molecule has 0 aliphatic rings. The molecule has 0 N–H and O–H groups in total. The van der Waals surface area contributed by atoms with Crippen molar-refractivity contribution in [2.24, 2.45) is 0 Å². The molecule has 0 spiro atoms. The topological polar surface area (TPSA) is 8.17 Å². The van der Waals surface area contributed by atoms with Gasteiger partial charge in [0, 0.05) is 48.0 Å². The largest absolute Gasteiger partial charge is 0.310 e. The summed E-state index contributed by atoms with van der Waals surface area (Å²) in [7, 11) is 0. The Balaban J connectivity index is 0.945. The molecule has 12 rings (SSSR count). The molecule has 0 saturated heterocycles. The van der Waals surface area contributed by atoms with E-state index in [-0.39, 0.29) is 0 Å². The van der Waals surface area contributed by atoms with Gasteiger partial charge in [0.25, 0.3) is 0 Å². The second kappa shape index (κ2) is 13.6. The molecule has 12 aromatic rings. The fourth-order valence-corrected chi connectivity index (χ4v) is 10.4. The van der Waals surface area contributed by atoms with Crippen molar-refractivity contribution in [3.8, 4) is 27.9 Å². The van der Waals surface area contributed by atoms with E-state index in [1.807, 2.05) is 11.3 Å². The maximum atomic E-state index is 2.42. The first-order valence-corrected chi connectivity index (χ1v) is 21.0. The van der Waals surface area contributed by atoms with Crippen LogP contribution in [-0.4, -0.2) is 4.57 Å². The van der Waals surface area contributed by atoms with E-state index in [4.69, 9.17) is 0 Å². The molecule has 0 saturated carbocycles. The molecule has 0 bridgehead atoms. The number of rotatable bonds is 6. The number of aromatic nitrogens is 1. The summed E-state index contributed by atoms with van der Waals surface area (Å²) in [5.41, 5.74) is 11.8. The van der Waals surface area contributed by atoms with Crippen LogP contribution in [0.5, 0.6) is 0 Å². The highest BCUT2D eigenvalue weighted by molar-refractivity contribution is 7.26. The fourth-order valence-electron chi connectivity index (χ4n) is 9.26. The lowest BCUT2D eigenvalue weighted by Gasteiger charge is -2.27. The predicted octanol–water partition coefficient (Wildman–Crippen LogP) is 16.3. The summed E-state index contributed by atoms with van der Waals surface area (Å²) >= 11 is 1.86. The summed E-state index contributed by atoms with van der Waals surface area (Å²) in [6.07, 6.45) is 0. The average Bonchev–Trinajstić information content (AvgIpc) is 3.86. The lowest BCUT2D eigenvalue weighted by atomic mass is 9.98. The van der Waals surface area contributed by atoms with Gasteiger partial charge in [-0.05, 0) is 111 Å². The zero-order valence-corrected chi connectivity index (χ0v) is 32.9. The zero-order chi connectivity index (χ0) is 38.9. The zero-order valence-electron chi connectivity index (χ0n) is 32.1. The molecule has 10 aromatic carbocycles. The minimum absolute atomic E-state index is 1.11. The molecule has 2 aromatic heterocycles. The third-order valence-electron chi connectivity index (χ3n) is 12.0. The van der Waals surface area contributed by atoms with E-state index in [0.29, 0.717) is 0 Å². The van der Waals surface area contributed by atoms with Crippen molar-refractivity contribution in [3.05, 3.63) is 218 Å². The normalized spacial score (nSPS) is 11.7. The fraction of sp³-hybridized carbons (Fsp3) is 0. The van der Waals surface area contributed by atoms with Crippen LogP contribution < -0.4 is 4.90 Å². The minimum Gasteiger partial charge on any atom is -0.310 e. The van der Waals surface area contributed by atoms with E-state index in [0.717, 1.165) is 17.1 Å². The minimum atomic E-state index is 1.11. The molecule has 2 heterocycles. The third-order valence-corrected chi connectivity index (χ3v) is 13.1. The first-order chi connectivity index (χ1) is 29.3. The number of anilines is 3. The van der Waals surface area contributed by atoms with Gasteiger partial charge in [-0.25, -0.2) is 0 Å². The molecule has 0 radical (unpaired) electrons. The molecule has 2 nitrogen and oxygen atoms in total. The molecule has 0 aliphatic heterocycles. The van der Waals surface area contributed by atoms with E-state index in [9.17, 15) is 0 Å². The van der Waals surface area contributed by atoms with Gasteiger partial charge in [-0.1, -0.05) is 152 Å². The summed E-state index contributed by atoms with van der Waals surface area (Å²) in [4.78, 5) is 2.42. The number of nitrogens with zero attached hydrogens (tertiary/aromatic N) is 2. The molecule has 3 heteroatoms. The van der Waals surface area contributed by atoms with Crippen LogP contribution in [0.15, 0.2) is 218 Å². The predicted molar refractivity (Wildman–Crippen MR) is 254 cm³/mol. The molecule has 0 unspecified atom stereocenters. The van der Waals surface area contributed by atoms with Crippen molar-refractivity contribution in [1.82, 2.24) is 4.57 Å². The van der Waals surface area contributed by atoms with Crippen LogP contribution in [0, 0.1) is 0 Å². The van der Waals surface area contributed by atoms with Gasteiger partial charge in [-0.15, -0.1) is 11.3 Å².